The lowest BCUT2D eigenvalue weighted by atomic mass is 10.1. The molecule has 0 spiro atoms. The zero-order chi connectivity index (χ0) is 18.1. The molecule has 0 fully saturated rings. The summed E-state index contributed by atoms with van der Waals surface area (Å²) in [5, 5.41) is 0. The third-order valence-corrected chi connectivity index (χ3v) is 3.76. The molecule has 134 valence electrons. The van der Waals surface area contributed by atoms with Crippen LogP contribution in [-0.2, 0) is 4.74 Å². The van der Waals surface area contributed by atoms with Crippen LogP contribution in [0.3, 0.4) is 0 Å². The van der Waals surface area contributed by atoms with Gasteiger partial charge in [-0.05, 0) is 61.7 Å². The Labute approximate surface area is 149 Å². The molecule has 0 bridgehead atoms. The molecule has 2 rings (SSSR count). The third-order valence-electron chi connectivity index (χ3n) is 3.76. The standard InChI is InChI=1S/C21H26O4/c1-4-5-11-23-19-9-10-20(17(3)15-19)21(22)25-13-12-24-18-8-6-7-16(2)14-18/h6-10,14-15H,4-5,11-13H2,1-3H3. The maximum atomic E-state index is 12.2. The number of benzene rings is 2. The van der Waals surface area contributed by atoms with Gasteiger partial charge in [0.2, 0.25) is 0 Å². The maximum absolute atomic E-state index is 12.2. The molecule has 0 aliphatic heterocycles. The van der Waals surface area contributed by atoms with Crippen LogP contribution in [0.4, 0.5) is 0 Å². The van der Waals surface area contributed by atoms with Crippen LogP contribution in [0.1, 0.15) is 41.3 Å². The van der Waals surface area contributed by atoms with Crippen molar-refractivity contribution in [2.75, 3.05) is 19.8 Å². The van der Waals surface area contributed by atoms with E-state index in [1.54, 1.807) is 6.07 Å². The first-order chi connectivity index (χ1) is 12.1. The summed E-state index contributed by atoms with van der Waals surface area (Å²) in [4.78, 5) is 12.2. The number of esters is 1. The van der Waals surface area contributed by atoms with E-state index in [0.29, 0.717) is 18.8 Å². The predicted octanol–water partition coefficient (Wildman–Crippen LogP) is 4.72. The van der Waals surface area contributed by atoms with Gasteiger partial charge in [0.15, 0.2) is 0 Å². The van der Waals surface area contributed by atoms with Crippen molar-refractivity contribution in [1.29, 1.82) is 0 Å². The van der Waals surface area contributed by atoms with Crippen molar-refractivity contribution in [1.82, 2.24) is 0 Å². The minimum absolute atomic E-state index is 0.209. The van der Waals surface area contributed by atoms with E-state index in [2.05, 4.69) is 6.92 Å². The molecule has 0 N–H and O–H groups in total. The second kappa shape index (κ2) is 9.72. The summed E-state index contributed by atoms with van der Waals surface area (Å²) in [5.74, 6) is 1.22. The van der Waals surface area contributed by atoms with E-state index >= 15 is 0 Å². The second-order valence-corrected chi connectivity index (χ2v) is 5.98. The Morgan fingerprint density at radius 3 is 2.40 bits per heavy atom. The Hall–Kier alpha value is -2.49. The van der Waals surface area contributed by atoms with E-state index in [9.17, 15) is 4.79 Å². The van der Waals surface area contributed by atoms with Crippen molar-refractivity contribution < 1.29 is 19.0 Å². The van der Waals surface area contributed by atoms with Crippen molar-refractivity contribution in [3.63, 3.8) is 0 Å². The van der Waals surface area contributed by atoms with E-state index in [0.717, 1.165) is 35.5 Å². The minimum atomic E-state index is -0.342. The molecule has 0 heterocycles. The number of rotatable bonds is 9. The number of hydrogen-bond acceptors (Lipinski definition) is 4. The Kier molecular flexibility index (Phi) is 7.33. The molecular formula is C21H26O4. The Balaban J connectivity index is 1.80. The molecule has 2 aromatic rings. The summed E-state index contributed by atoms with van der Waals surface area (Å²) >= 11 is 0. The number of carbonyl (C=O) groups excluding carboxylic acids is 1. The van der Waals surface area contributed by atoms with Gasteiger partial charge in [0.25, 0.3) is 0 Å². The van der Waals surface area contributed by atoms with Gasteiger partial charge in [-0.1, -0.05) is 25.5 Å². The normalized spacial score (nSPS) is 10.4. The molecule has 4 nitrogen and oxygen atoms in total. The first kappa shape index (κ1) is 18.8. The highest BCUT2D eigenvalue weighted by Gasteiger charge is 2.11. The van der Waals surface area contributed by atoms with Crippen LogP contribution in [0, 0.1) is 13.8 Å². The summed E-state index contributed by atoms with van der Waals surface area (Å²) in [6.45, 7) is 7.23. The van der Waals surface area contributed by atoms with Crippen LogP contribution in [0.5, 0.6) is 11.5 Å². The fourth-order valence-corrected chi connectivity index (χ4v) is 2.37. The highest BCUT2D eigenvalue weighted by atomic mass is 16.6. The largest absolute Gasteiger partial charge is 0.494 e. The molecule has 0 atom stereocenters. The van der Waals surface area contributed by atoms with Crippen molar-refractivity contribution >= 4 is 5.97 Å². The molecular weight excluding hydrogens is 316 g/mol. The maximum Gasteiger partial charge on any atom is 0.338 e. The average molecular weight is 342 g/mol. The van der Waals surface area contributed by atoms with Crippen LogP contribution >= 0.6 is 0 Å². The fourth-order valence-electron chi connectivity index (χ4n) is 2.37. The highest BCUT2D eigenvalue weighted by molar-refractivity contribution is 5.91. The van der Waals surface area contributed by atoms with Crippen LogP contribution in [0.2, 0.25) is 0 Å². The van der Waals surface area contributed by atoms with Gasteiger partial charge < -0.3 is 14.2 Å². The summed E-state index contributed by atoms with van der Waals surface area (Å²) < 4.78 is 16.5. The van der Waals surface area contributed by atoms with Gasteiger partial charge in [-0.25, -0.2) is 4.79 Å². The second-order valence-electron chi connectivity index (χ2n) is 5.98. The third kappa shape index (κ3) is 6.14. The van der Waals surface area contributed by atoms with Crippen LogP contribution in [-0.4, -0.2) is 25.8 Å². The van der Waals surface area contributed by atoms with Gasteiger partial charge >= 0.3 is 5.97 Å². The number of unbranched alkanes of at least 4 members (excludes halogenated alkanes) is 1. The van der Waals surface area contributed by atoms with E-state index in [1.165, 1.54) is 0 Å². The summed E-state index contributed by atoms with van der Waals surface area (Å²) in [7, 11) is 0. The van der Waals surface area contributed by atoms with Gasteiger partial charge in [-0.15, -0.1) is 0 Å². The monoisotopic (exact) mass is 342 g/mol. The average Bonchev–Trinajstić information content (AvgIpc) is 2.59. The summed E-state index contributed by atoms with van der Waals surface area (Å²) in [5.41, 5.74) is 2.53. The lowest BCUT2D eigenvalue weighted by Gasteiger charge is -2.11. The number of aryl methyl sites for hydroxylation is 2. The Morgan fingerprint density at radius 2 is 1.68 bits per heavy atom. The zero-order valence-corrected chi connectivity index (χ0v) is 15.2. The number of ether oxygens (including phenoxy) is 3. The molecule has 0 amide bonds. The molecule has 0 radical (unpaired) electrons. The van der Waals surface area contributed by atoms with Crippen molar-refractivity contribution in [3.8, 4) is 11.5 Å². The van der Waals surface area contributed by atoms with Crippen molar-refractivity contribution in [2.24, 2.45) is 0 Å². The SMILES string of the molecule is CCCCOc1ccc(C(=O)OCCOc2cccc(C)c2)c(C)c1. The van der Waals surface area contributed by atoms with Gasteiger partial charge in [-0.3, -0.25) is 0 Å². The summed E-state index contributed by atoms with van der Waals surface area (Å²) in [6, 6.07) is 13.2. The molecule has 0 saturated carbocycles. The molecule has 25 heavy (non-hydrogen) atoms. The minimum Gasteiger partial charge on any atom is -0.494 e. The first-order valence-corrected chi connectivity index (χ1v) is 8.70. The van der Waals surface area contributed by atoms with Gasteiger partial charge in [0.1, 0.15) is 24.7 Å². The quantitative estimate of drug-likeness (QED) is 0.489. The fraction of sp³-hybridized carbons (Fsp3) is 0.381. The molecule has 0 aliphatic carbocycles. The smallest absolute Gasteiger partial charge is 0.338 e. The molecule has 4 heteroatoms. The topological polar surface area (TPSA) is 44.8 Å². The van der Waals surface area contributed by atoms with E-state index < -0.39 is 0 Å². The molecule has 0 saturated heterocycles. The predicted molar refractivity (Wildman–Crippen MR) is 98.5 cm³/mol. The van der Waals surface area contributed by atoms with E-state index in [4.69, 9.17) is 14.2 Å². The lowest BCUT2D eigenvalue weighted by Crippen LogP contribution is -2.13. The zero-order valence-electron chi connectivity index (χ0n) is 15.2. The van der Waals surface area contributed by atoms with Crippen LogP contribution < -0.4 is 9.47 Å². The molecule has 0 unspecified atom stereocenters. The van der Waals surface area contributed by atoms with Gasteiger partial charge in [0.05, 0.1) is 12.2 Å². The Bertz CT molecular complexity index is 694. The summed E-state index contributed by atoms with van der Waals surface area (Å²) in [6.07, 6.45) is 2.11. The lowest BCUT2D eigenvalue weighted by molar-refractivity contribution is 0.0449. The first-order valence-electron chi connectivity index (χ1n) is 8.70. The highest BCUT2D eigenvalue weighted by Crippen LogP contribution is 2.18. The van der Waals surface area contributed by atoms with Gasteiger partial charge in [0, 0.05) is 0 Å². The van der Waals surface area contributed by atoms with Crippen molar-refractivity contribution in [2.45, 2.75) is 33.6 Å². The number of hydrogen-bond donors (Lipinski definition) is 0. The van der Waals surface area contributed by atoms with E-state index in [-0.39, 0.29) is 12.6 Å². The van der Waals surface area contributed by atoms with Crippen molar-refractivity contribution in [3.05, 3.63) is 59.2 Å². The van der Waals surface area contributed by atoms with E-state index in [1.807, 2.05) is 50.2 Å². The Morgan fingerprint density at radius 1 is 0.920 bits per heavy atom. The molecule has 0 aromatic heterocycles. The molecule has 2 aromatic carbocycles. The van der Waals surface area contributed by atoms with Gasteiger partial charge in [-0.2, -0.15) is 0 Å². The van der Waals surface area contributed by atoms with Crippen LogP contribution in [0.25, 0.3) is 0 Å². The van der Waals surface area contributed by atoms with Crippen LogP contribution in [0.15, 0.2) is 42.5 Å². The molecule has 0 aliphatic rings. The number of carbonyl (C=O) groups is 1.